The van der Waals surface area contributed by atoms with Crippen molar-refractivity contribution in [2.24, 2.45) is 0 Å². The van der Waals surface area contributed by atoms with E-state index in [1.807, 2.05) is 26.0 Å². The van der Waals surface area contributed by atoms with Crippen LogP contribution in [-0.2, 0) is 0 Å². The lowest BCUT2D eigenvalue weighted by Gasteiger charge is -1.99. The van der Waals surface area contributed by atoms with Crippen molar-refractivity contribution >= 4 is 26.2 Å². The van der Waals surface area contributed by atoms with E-state index in [0.717, 1.165) is 15.6 Å². The highest BCUT2D eigenvalue weighted by Gasteiger charge is 2.25. The van der Waals surface area contributed by atoms with Gasteiger partial charge in [0, 0.05) is 26.7 Å². The van der Waals surface area contributed by atoms with Crippen molar-refractivity contribution in [3.05, 3.63) is 50.7 Å². The van der Waals surface area contributed by atoms with Crippen molar-refractivity contribution in [3.8, 4) is 0 Å². The van der Waals surface area contributed by atoms with Crippen LogP contribution in [-0.4, -0.2) is 5.78 Å². The minimum absolute atomic E-state index is 0.0603. The second-order valence-electron chi connectivity index (χ2n) is 4.55. The van der Waals surface area contributed by atoms with Crippen LogP contribution in [0.2, 0.25) is 0 Å². The third kappa shape index (κ3) is 1.89. The zero-order valence-corrected chi connectivity index (χ0v) is 11.6. The molecule has 17 heavy (non-hydrogen) atoms. The van der Waals surface area contributed by atoms with Crippen molar-refractivity contribution in [2.75, 3.05) is 0 Å². The smallest absolute Gasteiger partial charge is 0.190 e. The summed E-state index contributed by atoms with van der Waals surface area (Å²) in [7, 11) is 0. The molecule has 0 heterocycles. The summed E-state index contributed by atoms with van der Waals surface area (Å²) in [4.78, 5) is 23.9. The minimum Gasteiger partial charge on any atom is -0.290 e. The molecule has 1 aromatic carbocycles. The van der Waals surface area contributed by atoms with Crippen LogP contribution in [0.3, 0.4) is 0 Å². The Morgan fingerprint density at radius 1 is 1.12 bits per heavy atom. The summed E-state index contributed by atoms with van der Waals surface area (Å²) in [6.45, 7) is 5.71. The summed E-state index contributed by atoms with van der Waals surface area (Å²) in [5, 5.41) is 0. The minimum atomic E-state index is -0.0652. The number of hydrogen-bond acceptors (Lipinski definition) is 2. The van der Waals surface area contributed by atoms with E-state index in [1.165, 1.54) is 6.07 Å². The van der Waals surface area contributed by atoms with Gasteiger partial charge in [0.15, 0.2) is 11.2 Å². The highest BCUT2D eigenvalue weighted by atomic mass is 79.9. The molecule has 1 aromatic rings. The van der Waals surface area contributed by atoms with Gasteiger partial charge in [0.05, 0.1) is 0 Å². The molecule has 2 rings (SSSR count). The first-order chi connectivity index (χ1) is 7.93. The van der Waals surface area contributed by atoms with Gasteiger partial charge in [0.2, 0.25) is 0 Å². The average Bonchev–Trinajstić information content (AvgIpc) is 2.44. The molecule has 0 atom stereocenters. The third-order valence-electron chi connectivity index (χ3n) is 3.05. The number of carbonyl (C=O) groups excluding carboxylic acids is 1. The van der Waals surface area contributed by atoms with Gasteiger partial charge in [-0.25, -0.2) is 0 Å². The number of carbonyl (C=O) groups is 1. The Bertz CT molecular complexity index is 598. The lowest BCUT2D eigenvalue weighted by Crippen LogP contribution is -2.07. The Hall–Kier alpha value is -1.22. The Morgan fingerprint density at radius 2 is 1.76 bits per heavy atom. The second kappa shape index (κ2) is 4.22. The number of halogens is 1. The van der Waals surface area contributed by atoms with Crippen LogP contribution in [0.25, 0.3) is 4.48 Å². The standard InChI is InChI=1S/C14H13BrO2/c1-7(2)9-4-5-10-11(6-12(9)16)14(17)8(3)13(10)15/h4-7H,1-3H3. The highest BCUT2D eigenvalue weighted by Crippen LogP contribution is 2.35. The monoisotopic (exact) mass is 292 g/mol. The molecule has 0 unspecified atom stereocenters. The third-order valence-corrected chi connectivity index (χ3v) is 4.07. The zero-order chi connectivity index (χ0) is 12.7. The fourth-order valence-electron chi connectivity index (χ4n) is 2.00. The predicted molar refractivity (Wildman–Crippen MR) is 72.7 cm³/mol. The first-order valence-corrected chi connectivity index (χ1v) is 6.32. The van der Waals surface area contributed by atoms with Gasteiger partial charge >= 0.3 is 0 Å². The molecule has 2 nitrogen and oxygen atoms in total. The molecular formula is C14H13BrO2. The van der Waals surface area contributed by atoms with Gasteiger partial charge in [-0.1, -0.05) is 26.0 Å². The fraction of sp³-hybridized carbons (Fsp3) is 0.286. The Labute approximate surface area is 108 Å². The van der Waals surface area contributed by atoms with E-state index in [2.05, 4.69) is 15.9 Å². The Kier molecular flexibility index (Phi) is 3.04. The summed E-state index contributed by atoms with van der Waals surface area (Å²) in [5.74, 6) is 0.101. The maximum absolute atomic E-state index is 12.0. The topological polar surface area (TPSA) is 34.1 Å². The molecule has 1 aliphatic rings. The van der Waals surface area contributed by atoms with Crippen LogP contribution in [0.4, 0.5) is 0 Å². The van der Waals surface area contributed by atoms with E-state index in [1.54, 1.807) is 6.92 Å². The van der Waals surface area contributed by atoms with Gasteiger partial charge in [-0.05, 0) is 34.8 Å². The van der Waals surface area contributed by atoms with E-state index in [0.29, 0.717) is 11.1 Å². The summed E-state index contributed by atoms with van der Waals surface area (Å²) in [6.07, 6.45) is 0. The van der Waals surface area contributed by atoms with Crippen LogP contribution >= 0.6 is 15.9 Å². The molecular weight excluding hydrogens is 280 g/mol. The molecule has 88 valence electrons. The van der Waals surface area contributed by atoms with Gasteiger partial charge in [-0.3, -0.25) is 9.59 Å². The number of ketones is 1. The SMILES string of the molecule is CC1=C(Br)c2ccc(C(C)C)c(=O)cc2C1=O. The van der Waals surface area contributed by atoms with Crippen LogP contribution < -0.4 is 5.43 Å². The van der Waals surface area contributed by atoms with Gasteiger partial charge < -0.3 is 0 Å². The summed E-state index contributed by atoms with van der Waals surface area (Å²) in [5.41, 5.74) is 2.66. The highest BCUT2D eigenvalue weighted by molar-refractivity contribution is 9.15. The number of Topliss-reactive ketones (excluding diaryl/α,β-unsaturated/α-hetero) is 1. The number of hydrogen-bond donors (Lipinski definition) is 0. The number of allylic oxidation sites excluding steroid dienone is 1. The van der Waals surface area contributed by atoms with Crippen LogP contribution in [0.5, 0.6) is 0 Å². The molecule has 3 heteroatoms. The molecule has 0 radical (unpaired) electrons. The number of fused-ring (bicyclic) bond motifs is 1. The van der Waals surface area contributed by atoms with E-state index < -0.39 is 0 Å². The number of rotatable bonds is 1. The van der Waals surface area contributed by atoms with E-state index >= 15 is 0 Å². The summed E-state index contributed by atoms with van der Waals surface area (Å²) < 4.78 is 0.794. The van der Waals surface area contributed by atoms with Gasteiger partial charge in [-0.2, -0.15) is 0 Å². The van der Waals surface area contributed by atoms with Crippen molar-refractivity contribution < 1.29 is 4.79 Å². The molecule has 0 aliphatic heterocycles. The van der Waals surface area contributed by atoms with Crippen LogP contribution in [0, 0.1) is 0 Å². The first kappa shape index (κ1) is 12.2. The Balaban J connectivity index is 2.77. The van der Waals surface area contributed by atoms with Crippen molar-refractivity contribution in [3.63, 3.8) is 0 Å². The lowest BCUT2D eigenvalue weighted by molar-refractivity contribution is 0.103. The molecule has 0 spiro atoms. The van der Waals surface area contributed by atoms with Crippen LogP contribution in [0.15, 0.2) is 28.6 Å². The lowest BCUT2D eigenvalue weighted by atomic mass is 10.1. The largest absolute Gasteiger partial charge is 0.290 e. The fourth-order valence-corrected chi connectivity index (χ4v) is 2.52. The molecule has 0 aromatic heterocycles. The normalized spacial score (nSPS) is 14.5. The second-order valence-corrected chi connectivity index (χ2v) is 5.34. The molecule has 0 N–H and O–H groups in total. The summed E-state index contributed by atoms with van der Waals surface area (Å²) >= 11 is 3.41. The molecule has 0 saturated carbocycles. The molecule has 0 saturated heterocycles. The summed E-state index contributed by atoms with van der Waals surface area (Å²) in [6, 6.07) is 5.13. The van der Waals surface area contributed by atoms with Crippen molar-refractivity contribution in [2.45, 2.75) is 26.7 Å². The zero-order valence-electron chi connectivity index (χ0n) is 10.0. The van der Waals surface area contributed by atoms with E-state index in [4.69, 9.17) is 0 Å². The quantitative estimate of drug-likeness (QED) is 0.794. The molecule has 1 aliphatic carbocycles. The molecule has 0 bridgehead atoms. The van der Waals surface area contributed by atoms with Gasteiger partial charge in [-0.15, -0.1) is 0 Å². The first-order valence-electron chi connectivity index (χ1n) is 5.53. The van der Waals surface area contributed by atoms with Gasteiger partial charge in [0.1, 0.15) is 0 Å². The average molecular weight is 293 g/mol. The molecule has 0 amide bonds. The van der Waals surface area contributed by atoms with Crippen molar-refractivity contribution in [1.82, 2.24) is 0 Å². The van der Waals surface area contributed by atoms with E-state index in [-0.39, 0.29) is 17.1 Å². The predicted octanol–water partition coefficient (Wildman–Crippen LogP) is 3.49. The maximum atomic E-state index is 12.0. The van der Waals surface area contributed by atoms with Crippen LogP contribution in [0.1, 0.15) is 48.2 Å². The maximum Gasteiger partial charge on any atom is 0.190 e. The Morgan fingerprint density at radius 3 is 2.35 bits per heavy atom. The van der Waals surface area contributed by atoms with Gasteiger partial charge in [0.25, 0.3) is 0 Å². The van der Waals surface area contributed by atoms with E-state index in [9.17, 15) is 9.59 Å². The van der Waals surface area contributed by atoms with Crippen molar-refractivity contribution in [1.29, 1.82) is 0 Å². The molecule has 0 fully saturated rings.